The summed E-state index contributed by atoms with van der Waals surface area (Å²) in [6.45, 7) is 8.83. The van der Waals surface area contributed by atoms with Gasteiger partial charge >= 0.3 is 6.01 Å². The van der Waals surface area contributed by atoms with Gasteiger partial charge in [-0.2, -0.15) is 0 Å². The van der Waals surface area contributed by atoms with Crippen molar-refractivity contribution in [2.45, 2.75) is 65.8 Å². The Balaban J connectivity index is 2.22. The van der Waals surface area contributed by atoms with Crippen molar-refractivity contribution in [2.24, 2.45) is 0 Å². The molecule has 4 heteroatoms. The number of hydrogen-bond acceptors (Lipinski definition) is 4. The highest BCUT2D eigenvalue weighted by Crippen LogP contribution is 2.10. The minimum atomic E-state index is 0.510. The van der Waals surface area contributed by atoms with Gasteiger partial charge in [-0.15, -0.1) is 0 Å². The highest BCUT2D eigenvalue weighted by Gasteiger charge is 2.03. The van der Waals surface area contributed by atoms with E-state index in [4.69, 9.17) is 4.74 Å². The van der Waals surface area contributed by atoms with Crippen molar-refractivity contribution >= 4 is 0 Å². The SMILES string of the molecule is CCCCCCCCOc1ncc(CNCC)c(C)n1. The molecular formula is C16H29N3O. The van der Waals surface area contributed by atoms with Crippen LogP contribution in [0.3, 0.4) is 0 Å². The first-order valence-corrected chi connectivity index (χ1v) is 7.94. The minimum absolute atomic E-state index is 0.510. The van der Waals surface area contributed by atoms with E-state index in [9.17, 15) is 0 Å². The molecule has 0 aliphatic heterocycles. The Hall–Kier alpha value is -1.16. The van der Waals surface area contributed by atoms with Gasteiger partial charge in [0.05, 0.1) is 6.61 Å². The summed E-state index contributed by atoms with van der Waals surface area (Å²) < 4.78 is 5.61. The molecule has 0 saturated carbocycles. The molecule has 1 aromatic rings. The second kappa shape index (κ2) is 10.6. The van der Waals surface area contributed by atoms with Crippen LogP contribution in [0, 0.1) is 6.92 Å². The summed E-state index contributed by atoms with van der Waals surface area (Å²) in [7, 11) is 0. The second-order valence-corrected chi connectivity index (χ2v) is 5.16. The molecule has 0 saturated heterocycles. The molecule has 0 spiro atoms. The molecule has 1 aromatic heterocycles. The third-order valence-corrected chi connectivity index (χ3v) is 3.35. The summed E-state index contributed by atoms with van der Waals surface area (Å²) in [5, 5.41) is 3.28. The number of ether oxygens (including phenoxy) is 1. The lowest BCUT2D eigenvalue weighted by molar-refractivity contribution is 0.280. The quantitative estimate of drug-likeness (QED) is 0.628. The molecule has 1 N–H and O–H groups in total. The maximum absolute atomic E-state index is 5.61. The number of aromatic nitrogens is 2. The monoisotopic (exact) mass is 279 g/mol. The second-order valence-electron chi connectivity index (χ2n) is 5.16. The fourth-order valence-corrected chi connectivity index (χ4v) is 2.02. The number of unbranched alkanes of at least 4 members (excludes halogenated alkanes) is 5. The molecule has 0 radical (unpaired) electrons. The molecule has 0 atom stereocenters. The molecule has 0 fully saturated rings. The standard InChI is InChI=1S/C16H29N3O/c1-4-6-7-8-9-10-11-20-16-18-13-15(12-17-5-2)14(3)19-16/h13,17H,4-12H2,1-3H3. The van der Waals surface area contributed by atoms with Crippen LogP contribution in [0.25, 0.3) is 0 Å². The Morgan fingerprint density at radius 3 is 2.55 bits per heavy atom. The van der Waals surface area contributed by atoms with Gasteiger partial charge in [-0.05, 0) is 19.9 Å². The van der Waals surface area contributed by atoms with Crippen LogP contribution in [0.2, 0.25) is 0 Å². The van der Waals surface area contributed by atoms with Crippen molar-refractivity contribution in [2.75, 3.05) is 13.2 Å². The van der Waals surface area contributed by atoms with Crippen molar-refractivity contribution < 1.29 is 4.74 Å². The molecule has 114 valence electrons. The first-order chi connectivity index (χ1) is 9.77. The first-order valence-electron chi connectivity index (χ1n) is 7.94. The molecule has 1 heterocycles. The van der Waals surface area contributed by atoms with Crippen LogP contribution >= 0.6 is 0 Å². The van der Waals surface area contributed by atoms with Crippen LogP contribution in [0.15, 0.2) is 6.20 Å². The van der Waals surface area contributed by atoms with E-state index in [1.165, 1.54) is 32.1 Å². The number of aryl methyl sites for hydroxylation is 1. The third kappa shape index (κ3) is 6.85. The first kappa shape index (κ1) is 16.9. The van der Waals surface area contributed by atoms with Crippen LogP contribution < -0.4 is 10.1 Å². The Morgan fingerprint density at radius 1 is 1.10 bits per heavy atom. The van der Waals surface area contributed by atoms with Crippen molar-refractivity contribution in [3.05, 3.63) is 17.5 Å². The highest BCUT2D eigenvalue weighted by atomic mass is 16.5. The van der Waals surface area contributed by atoms with Gasteiger partial charge < -0.3 is 10.1 Å². The normalized spacial score (nSPS) is 10.8. The minimum Gasteiger partial charge on any atom is -0.463 e. The van der Waals surface area contributed by atoms with E-state index >= 15 is 0 Å². The number of rotatable bonds is 11. The average molecular weight is 279 g/mol. The van der Waals surface area contributed by atoms with Gasteiger partial charge in [0.2, 0.25) is 0 Å². The smallest absolute Gasteiger partial charge is 0.316 e. The zero-order chi connectivity index (χ0) is 14.6. The van der Waals surface area contributed by atoms with E-state index in [-0.39, 0.29) is 0 Å². The fourth-order valence-electron chi connectivity index (χ4n) is 2.02. The van der Waals surface area contributed by atoms with Gasteiger partial charge in [0, 0.05) is 24.0 Å². The maximum atomic E-state index is 5.61. The van der Waals surface area contributed by atoms with Crippen LogP contribution in [-0.2, 0) is 6.54 Å². The summed E-state index contributed by atoms with van der Waals surface area (Å²) >= 11 is 0. The van der Waals surface area contributed by atoms with Crippen molar-refractivity contribution in [3.63, 3.8) is 0 Å². The molecule has 1 rings (SSSR count). The Morgan fingerprint density at radius 2 is 1.85 bits per heavy atom. The largest absolute Gasteiger partial charge is 0.463 e. The lowest BCUT2D eigenvalue weighted by Gasteiger charge is -2.08. The number of nitrogens with one attached hydrogen (secondary N) is 1. The molecule has 0 bridgehead atoms. The highest BCUT2D eigenvalue weighted by molar-refractivity contribution is 5.17. The van der Waals surface area contributed by atoms with E-state index in [2.05, 4.69) is 29.1 Å². The third-order valence-electron chi connectivity index (χ3n) is 3.35. The number of nitrogens with zero attached hydrogens (tertiary/aromatic N) is 2. The molecule has 0 aliphatic carbocycles. The Kier molecular flexibility index (Phi) is 8.96. The molecule has 0 aliphatic rings. The van der Waals surface area contributed by atoms with Crippen LogP contribution in [0.1, 0.15) is 63.6 Å². The maximum Gasteiger partial charge on any atom is 0.316 e. The van der Waals surface area contributed by atoms with Gasteiger partial charge in [-0.3, -0.25) is 0 Å². The zero-order valence-corrected chi connectivity index (χ0v) is 13.2. The van der Waals surface area contributed by atoms with E-state index in [0.29, 0.717) is 6.01 Å². The van der Waals surface area contributed by atoms with Crippen LogP contribution in [-0.4, -0.2) is 23.1 Å². The molecular weight excluding hydrogens is 250 g/mol. The molecule has 20 heavy (non-hydrogen) atoms. The Bertz CT molecular complexity index is 369. The van der Waals surface area contributed by atoms with E-state index in [0.717, 1.165) is 37.4 Å². The summed E-state index contributed by atoms with van der Waals surface area (Å²) in [6, 6.07) is 0.510. The summed E-state index contributed by atoms with van der Waals surface area (Å²) in [4.78, 5) is 8.67. The summed E-state index contributed by atoms with van der Waals surface area (Å²) in [6.07, 6.45) is 9.47. The van der Waals surface area contributed by atoms with Gasteiger partial charge in [-0.25, -0.2) is 9.97 Å². The van der Waals surface area contributed by atoms with Gasteiger partial charge in [-0.1, -0.05) is 46.0 Å². The predicted octanol–water partition coefficient (Wildman–Crippen LogP) is 3.63. The van der Waals surface area contributed by atoms with Crippen molar-refractivity contribution in [1.82, 2.24) is 15.3 Å². The van der Waals surface area contributed by atoms with E-state index in [1.54, 1.807) is 0 Å². The topological polar surface area (TPSA) is 47.0 Å². The molecule has 4 nitrogen and oxygen atoms in total. The summed E-state index contributed by atoms with van der Waals surface area (Å²) in [5.74, 6) is 0. The van der Waals surface area contributed by atoms with Gasteiger partial charge in [0.15, 0.2) is 0 Å². The molecule has 0 unspecified atom stereocenters. The molecule has 0 aromatic carbocycles. The fraction of sp³-hybridized carbons (Fsp3) is 0.750. The van der Waals surface area contributed by atoms with Crippen molar-refractivity contribution in [3.8, 4) is 6.01 Å². The van der Waals surface area contributed by atoms with E-state index in [1.807, 2.05) is 13.1 Å². The lowest BCUT2D eigenvalue weighted by Crippen LogP contribution is -2.14. The van der Waals surface area contributed by atoms with Crippen LogP contribution in [0.4, 0.5) is 0 Å². The van der Waals surface area contributed by atoms with Crippen molar-refractivity contribution in [1.29, 1.82) is 0 Å². The predicted molar refractivity (Wildman–Crippen MR) is 83.0 cm³/mol. The number of hydrogen-bond donors (Lipinski definition) is 1. The van der Waals surface area contributed by atoms with Crippen LogP contribution in [0.5, 0.6) is 6.01 Å². The zero-order valence-electron chi connectivity index (χ0n) is 13.2. The Labute approximate surface area is 123 Å². The van der Waals surface area contributed by atoms with E-state index < -0.39 is 0 Å². The van der Waals surface area contributed by atoms with Gasteiger partial charge in [0.1, 0.15) is 0 Å². The lowest BCUT2D eigenvalue weighted by atomic mass is 10.1. The molecule has 0 amide bonds. The van der Waals surface area contributed by atoms with Gasteiger partial charge in [0.25, 0.3) is 0 Å². The average Bonchev–Trinajstić information content (AvgIpc) is 2.45. The summed E-state index contributed by atoms with van der Waals surface area (Å²) in [5.41, 5.74) is 2.14.